The van der Waals surface area contributed by atoms with Crippen LogP contribution in [-0.2, 0) is 6.54 Å². The molecular weight excluding hydrogens is 260 g/mol. The number of piperidine rings is 1. The average molecular weight is 285 g/mol. The zero-order valence-corrected chi connectivity index (χ0v) is 13.0. The van der Waals surface area contributed by atoms with Crippen molar-refractivity contribution < 1.29 is 0 Å². The molecule has 1 aliphatic heterocycles. The molecule has 1 radical (unpaired) electrons. The van der Waals surface area contributed by atoms with Crippen molar-refractivity contribution in [1.29, 1.82) is 0 Å². The molecule has 1 saturated heterocycles. The van der Waals surface area contributed by atoms with Crippen LogP contribution in [-0.4, -0.2) is 34.3 Å². The third-order valence-corrected chi connectivity index (χ3v) is 4.30. The van der Waals surface area contributed by atoms with Gasteiger partial charge in [0.2, 0.25) is 0 Å². The molecule has 1 atom stereocenters. The molecule has 21 heavy (non-hydrogen) atoms. The zero-order valence-electron chi connectivity index (χ0n) is 13.0. The molecule has 113 valence electrons. The predicted molar refractivity (Wildman–Crippen MR) is 87.9 cm³/mol. The minimum absolute atomic E-state index is 0.683. The van der Waals surface area contributed by atoms with Gasteiger partial charge in [0.1, 0.15) is 0 Å². The third-order valence-electron chi connectivity index (χ3n) is 4.30. The van der Waals surface area contributed by atoms with Crippen LogP contribution in [0.5, 0.6) is 0 Å². The van der Waals surface area contributed by atoms with E-state index >= 15 is 0 Å². The van der Waals surface area contributed by atoms with Crippen LogP contribution in [0.25, 0.3) is 10.9 Å². The summed E-state index contributed by atoms with van der Waals surface area (Å²) in [5.74, 6) is 2.18. The summed E-state index contributed by atoms with van der Waals surface area (Å²) < 4.78 is 2.13. The fourth-order valence-electron chi connectivity index (χ4n) is 3.41. The van der Waals surface area contributed by atoms with Crippen LogP contribution in [0.1, 0.15) is 26.7 Å². The van der Waals surface area contributed by atoms with Gasteiger partial charge in [0.15, 0.2) is 0 Å². The van der Waals surface area contributed by atoms with Crippen molar-refractivity contribution in [3.8, 4) is 0 Å². The van der Waals surface area contributed by atoms with Crippen LogP contribution in [0.15, 0.2) is 24.4 Å². The predicted octanol–water partition coefficient (Wildman–Crippen LogP) is 2.94. The maximum Gasteiger partial charge on any atom is 0.0703 e. The number of aromatic nitrogens is 2. The zero-order chi connectivity index (χ0) is 14.8. The van der Waals surface area contributed by atoms with Crippen molar-refractivity contribution in [2.24, 2.45) is 5.92 Å². The van der Waals surface area contributed by atoms with Crippen LogP contribution in [0, 0.1) is 11.8 Å². The van der Waals surface area contributed by atoms with E-state index in [-0.39, 0.29) is 0 Å². The van der Waals surface area contributed by atoms with Gasteiger partial charge in [-0.1, -0.05) is 19.9 Å². The van der Waals surface area contributed by atoms with Gasteiger partial charge in [-0.05, 0) is 43.4 Å². The maximum absolute atomic E-state index is 6.02. The quantitative estimate of drug-likeness (QED) is 0.879. The molecule has 1 aliphatic rings. The lowest BCUT2D eigenvalue weighted by atomic mass is 9.97. The van der Waals surface area contributed by atoms with Crippen LogP contribution < -0.4 is 5.73 Å². The molecule has 2 heterocycles. The number of nitrogens with two attached hydrogens (primary N) is 1. The third kappa shape index (κ3) is 3.21. The number of rotatable bonds is 4. The summed E-state index contributed by atoms with van der Waals surface area (Å²) in [5.41, 5.74) is 7.99. The van der Waals surface area contributed by atoms with E-state index in [2.05, 4.69) is 34.6 Å². The van der Waals surface area contributed by atoms with Crippen molar-refractivity contribution in [3.63, 3.8) is 0 Å². The second kappa shape index (κ2) is 6.06. The Balaban J connectivity index is 1.71. The Labute approximate surface area is 126 Å². The molecular formula is C17H25N4. The summed E-state index contributed by atoms with van der Waals surface area (Å²) in [6.07, 6.45) is 4.48. The largest absolute Gasteiger partial charge is 0.398 e. The lowest BCUT2D eigenvalue weighted by Gasteiger charge is -2.33. The first-order chi connectivity index (χ1) is 10.1. The fourth-order valence-corrected chi connectivity index (χ4v) is 3.41. The van der Waals surface area contributed by atoms with Crippen molar-refractivity contribution in [3.05, 3.63) is 30.3 Å². The molecule has 0 bridgehead atoms. The van der Waals surface area contributed by atoms with Gasteiger partial charge in [-0.3, -0.25) is 4.68 Å². The highest BCUT2D eigenvalue weighted by atomic mass is 15.3. The summed E-state index contributed by atoms with van der Waals surface area (Å²) in [7, 11) is 0. The average Bonchev–Trinajstić information content (AvgIpc) is 2.83. The van der Waals surface area contributed by atoms with E-state index < -0.39 is 0 Å². The van der Waals surface area contributed by atoms with E-state index in [0.717, 1.165) is 29.7 Å². The smallest absolute Gasteiger partial charge is 0.0703 e. The molecule has 1 aromatic carbocycles. The summed E-state index contributed by atoms with van der Waals surface area (Å²) in [4.78, 5) is 2.57. The van der Waals surface area contributed by atoms with E-state index in [9.17, 15) is 0 Å². The topological polar surface area (TPSA) is 47.1 Å². The van der Waals surface area contributed by atoms with Crippen molar-refractivity contribution in [2.75, 3.05) is 25.4 Å². The van der Waals surface area contributed by atoms with Gasteiger partial charge in [0.25, 0.3) is 0 Å². The summed E-state index contributed by atoms with van der Waals surface area (Å²) in [6, 6.07) is 6.07. The van der Waals surface area contributed by atoms with Gasteiger partial charge < -0.3 is 10.6 Å². The Hall–Kier alpha value is -1.55. The van der Waals surface area contributed by atoms with Gasteiger partial charge in [-0.15, -0.1) is 0 Å². The molecule has 0 aliphatic carbocycles. The van der Waals surface area contributed by atoms with Gasteiger partial charge in [-0.25, -0.2) is 0 Å². The standard InChI is InChI=1S/C17H25N4/c1-13(2)10-20-8-4-5-14(11-20)12-21-17-7-3-6-16(18)15(17)9-19-21/h3,6-7,9,14H,4-5,8,10-12,18H2,1-2H3. The van der Waals surface area contributed by atoms with Crippen LogP contribution in [0.4, 0.5) is 5.69 Å². The monoisotopic (exact) mass is 285 g/mol. The first-order valence-corrected chi connectivity index (χ1v) is 7.85. The molecule has 0 spiro atoms. The highest BCUT2D eigenvalue weighted by Crippen LogP contribution is 2.24. The van der Waals surface area contributed by atoms with Crippen molar-refractivity contribution >= 4 is 16.6 Å². The first-order valence-electron chi connectivity index (χ1n) is 7.85. The Morgan fingerprint density at radius 2 is 2.24 bits per heavy atom. The second-order valence-electron chi connectivity index (χ2n) is 6.56. The lowest BCUT2D eigenvalue weighted by molar-refractivity contribution is 0.166. The molecule has 4 nitrogen and oxygen atoms in total. The van der Waals surface area contributed by atoms with Crippen LogP contribution in [0.2, 0.25) is 0 Å². The van der Waals surface area contributed by atoms with E-state index in [1.165, 1.54) is 31.8 Å². The van der Waals surface area contributed by atoms with Gasteiger partial charge in [0, 0.05) is 30.7 Å². The Morgan fingerprint density at radius 1 is 1.38 bits per heavy atom. The van der Waals surface area contributed by atoms with Gasteiger partial charge in [0.05, 0.1) is 11.7 Å². The highest BCUT2D eigenvalue weighted by Gasteiger charge is 2.21. The van der Waals surface area contributed by atoms with E-state index in [1.54, 1.807) is 0 Å². The first kappa shape index (κ1) is 14.4. The summed E-state index contributed by atoms with van der Waals surface area (Å²) in [5, 5.41) is 5.62. The molecule has 1 aromatic heterocycles. The number of hydrogen-bond donors (Lipinski definition) is 1. The number of benzene rings is 1. The molecule has 0 amide bonds. The molecule has 3 rings (SSSR count). The van der Waals surface area contributed by atoms with Gasteiger partial charge in [-0.2, -0.15) is 5.10 Å². The number of likely N-dealkylation sites (tertiary alicyclic amines) is 1. The molecule has 4 heteroatoms. The number of anilines is 1. The van der Waals surface area contributed by atoms with E-state index in [1.807, 2.05) is 18.3 Å². The number of hydrogen-bond acceptors (Lipinski definition) is 3. The fraction of sp³-hybridized carbons (Fsp3) is 0.529. The van der Waals surface area contributed by atoms with E-state index in [4.69, 9.17) is 5.73 Å². The highest BCUT2D eigenvalue weighted by molar-refractivity contribution is 5.90. The molecule has 1 unspecified atom stereocenters. The lowest BCUT2D eigenvalue weighted by Crippen LogP contribution is -2.38. The van der Waals surface area contributed by atoms with Crippen LogP contribution >= 0.6 is 0 Å². The Morgan fingerprint density at radius 3 is 3.05 bits per heavy atom. The molecule has 2 N–H and O–H groups in total. The summed E-state index contributed by atoms with van der Waals surface area (Å²) in [6.45, 7) is 8.96. The van der Waals surface area contributed by atoms with Crippen LogP contribution in [0.3, 0.4) is 0 Å². The minimum Gasteiger partial charge on any atom is -0.398 e. The van der Waals surface area contributed by atoms with E-state index in [0.29, 0.717) is 5.92 Å². The normalized spacial score (nSPS) is 20.4. The maximum atomic E-state index is 6.02. The molecule has 0 saturated carbocycles. The second-order valence-corrected chi connectivity index (χ2v) is 6.56. The Kier molecular flexibility index (Phi) is 4.15. The number of fused-ring (bicyclic) bond motifs is 1. The minimum atomic E-state index is 0.683. The summed E-state index contributed by atoms with van der Waals surface area (Å²) >= 11 is 0. The van der Waals surface area contributed by atoms with Crippen molar-refractivity contribution in [2.45, 2.75) is 33.2 Å². The molecule has 2 aromatic rings. The number of nitrogens with zero attached hydrogens (tertiary/aromatic N) is 3. The van der Waals surface area contributed by atoms with Gasteiger partial charge >= 0.3 is 0 Å². The van der Waals surface area contributed by atoms with Crippen molar-refractivity contribution in [1.82, 2.24) is 14.7 Å². The SMILES string of the molecule is C[C](C)CN1CCCC(Cn2ncc3c(N)cccc32)C1. The number of nitrogen functional groups attached to an aromatic ring is 1. The Bertz CT molecular complexity index is 602. The molecule has 1 fully saturated rings.